The van der Waals surface area contributed by atoms with Gasteiger partial charge in [0.1, 0.15) is 5.82 Å². The van der Waals surface area contributed by atoms with Crippen molar-refractivity contribution in [3.8, 4) is 0 Å². The summed E-state index contributed by atoms with van der Waals surface area (Å²) in [5, 5.41) is 1.15. The van der Waals surface area contributed by atoms with Crippen molar-refractivity contribution in [3.63, 3.8) is 0 Å². The number of pyridine rings is 1. The Bertz CT molecular complexity index is 331. The van der Waals surface area contributed by atoms with E-state index >= 15 is 0 Å². The maximum absolute atomic E-state index is 6.04. The van der Waals surface area contributed by atoms with Crippen LogP contribution >= 0.6 is 39.1 Å². The van der Waals surface area contributed by atoms with Gasteiger partial charge in [-0.15, -0.1) is 0 Å². The third-order valence-corrected chi connectivity index (χ3v) is 2.95. The molecule has 84 valence electrons. The quantitative estimate of drug-likeness (QED) is 0.781. The minimum Gasteiger partial charge on any atom is -0.358 e. The molecular formula is C10H13BrCl2N2. The molecule has 2 nitrogen and oxygen atoms in total. The third-order valence-electron chi connectivity index (χ3n) is 2.01. The molecule has 0 amide bonds. The van der Waals surface area contributed by atoms with Crippen molar-refractivity contribution in [1.82, 2.24) is 4.98 Å². The summed E-state index contributed by atoms with van der Waals surface area (Å²) in [7, 11) is 1.97. The molecule has 0 aliphatic heterocycles. The molecule has 0 aliphatic carbocycles. The van der Waals surface area contributed by atoms with Crippen LogP contribution in [-0.2, 0) is 0 Å². The van der Waals surface area contributed by atoms with Crippen molar-refractivity contribution < 1.29 is 0 Å². The summed E-state index contributed by atoms with van der Waals surface area (Å²) in [6, 6.07) is 1.71. The largest absolute Gasteiger partial charge is 0.358 e. The summed E-state index contributed by atoms with van der Waals surface area (Å²) in [5.74, 6) is 0.772. The van der Waals surface area contributed by atoms with Crippen molar-refractivity contribution in [1.29, 1.82) is 0 Å². The Morgan fingerprint density at radius 1 is 1.53 bits per heavy atom. The number of hydrogen-bond donors (Lipinski definition) is 0. The predicted octanol–water partition coefficient (Wildman–Crippen LogP) is 4.00. The Labute approximate surface area is 109 Å². The van der Waals surface area contributed by atoms with E-state index < -0.39 is 0 Å². The van der Waals surface area contributed by atoms with Crippen LogP contribution in [0.1, 0.15) is 13.3 Å². The number of alkyl halides is 1. The second-order valence-electron chi connectivity index (χ2n) is 3.45. The van der Waals surface area contributed by atoms with Gasteiger partial charge in [-0.1, -0.05) is 46.1 Å². The molecule has 0 bridgehead atoms. The first kappa shape index (κ1) is 13.1. The Balaban J connectivity index is 2.69. The van der Waals surface area contributed by atoms with E-state index in [1.807, 2.05) is 11.9 Å². The lowest BCUT2D eigenvalue weighted by Crippen LogP contribution is -2.21. The van der Waals surface area contributed by atoms with Gasteiger partial charge in [-0.2, -0.15) is 0 Å². The number of halogens is 3. The summed E-state index contributed by atoms with van der Waals surface area (Å²) >= 11 is 15.3. The van der Waals surface area contributed by atoms with Crippen LogP contribution in [0, 0.1) is 0 Å². The number of rotatable bonds is 4. The van der Waals surface area contributed by atoms with Gasteiger partial charge in [0.25, 0.3) is 0 Å². The van der Waals surface area contributed by atoms with E-state index in [0.29, 0.717) is 14.9 Å². The average molecular weight is 312 g/mol. The van der Waals surface area contributed by atoms with E-state index in [-0.39, 0.29) is 0 Å². The van der Waals surface area contributed by atoms with E-state index in [1.165, 1.54) is 0 Å². The summed E-state index contributed by atoms with van der Waals surface area (Å²) in [6.45, 7) is 3.02. The fourth-order valence-electron chi connectivity index (χ4n) is 1.17. The molecule has 0 fully saturated rings. The molecule has 1 rings (SSSR count). The van der Waals surface area contributed by atoms with Gasteiger partial charge in [-0.25, -0.2) is 4.98 Å². The van der Waals surface area contributed by atoms with Gasteiger partial charge in [-0.05, 0) is 12.5 Å². The molecule has 1 aromatic rings. The topological polar surface area (TPSA) is 16.1 Å². The number of aromatic nitrogens is 1. The first-order chi connectivity index (χ1) is 7.00. The smallest absolute Gasteiger partial charge is 0.147 e. The molecule has 5 heteroatoms. The van der Waals surface area contributed by atoms with E-state index in [0.717, 1.165) is 18.8 Å². The number of hydrogen-bond acceptors (Lipinski definition) is 2. The molecule has 1 heterocycles. The van der Waals surface area contributed by atoms with E-state index in [2.05, 4.69) is 27.8 Å². The monoisotopic (exact) mass is 310 g/mol. The molecule has 0 saturated heterocycles. The lowest BCUT2D eigenvalue weighted by molar-refractivity contribution is 0.779. The maximum Gasteiger partial charge on any atom is 0.147 e. The fourth-order valence-corrected chi connectivity index (χ4v) is 1.89. The van der Waals surface area contributed by atoms with E-state index in [9.17, 15) is 0 Å². The van der Waals surface area contributed by atoms with Gasteiger partial charge in [0.05, 0.1) is 10.0 Å². The van der Waals surface area contributed by atoms with E-state index in [4.69, 9.17) is 23.2 Å². The third kappa shape index (κ3) is 4.17. The molecule has 1 atom stereocenters. The summed E-state index contributed by atoms with van der Waals surface area (Å²) < 4.78 is 0. The molecule has 0 aliphatic rings. The van der Waals surface area contributed by atoms with Crippen molar-refractivity contribution in [2.45, 2.75) is 18.2 Å². The maximum atomic E-state index is 6.04. The average Bonchev–Trinajstić information content (AvgIpc) is 2.14. The molecule has 1 unspecified atom stereocenters. The van der Waals surface area contributed by atoms with Crippen LogP contribution in [0.2, 0.25) is 10.0 Å². The lowest BCUT2D eigenvalue weighted by atomic mass is 10.3. The predicted molar refractivity (Wildman–Crippen MR) is 70.5 cm³/mol. The Hall–Kier alpha value is 0.01000. The molecule has 15 heavy (non-hydrogen) atoms. The molecule has 1 aromatic heterocycles. The van der Waals surface area contributed by atoms with Crippen LogP contribution in [0.15, 0.2) is 12.3 Å². The minimum absolute atomic E-state index is 0.492. The van der Waals surface area contributed by atoms with Crippen molar-refractivity contribution in [3.05, 3.63) is 22.3 Å². The highest BCUT2D eigenvalue weighted by Gasteiger charge is 2.08. The molecular weight excluding hydrogens is 299 g/mol. The summed E-state index contributed by atoms with van der Waals surface area (Å²) in [4.78, 5) is 6.72. The zero-order valence-corrected chi connectivity index (χ0v) is 11.8. The van der Waals surface area contributed by atoms with Crippen molar-refractivity contribution >= 4 is 44.9 Å². The first-order valence-electron chi connectivity index (χ1n) is 4.67. The van der Waals surface area contributed by atoms with Crippen LogP contribution in [0.25, 0.3) is 0 Å². The standard InChI is InChI=1S/C10H13BrCl2N2/c1-7(11)3-4-15(2)10-9(13)5-8(12)6-14-10/h5-7H,3-4H2,1-2H3. The Morgan fingerprint density at radius 2 is 2.20 bits per heavy atom. The van der Waals surface area contributed by atoms with Crippen LogP contribution < -0.4 is 4.90 Å². The van der Waals surface area contributed by atoms with Gasteiger partial charge >= 0.3 is 0 Å². The highest BCUT2D eigenvalue weighted by Crippen LogP contribution is 2.25. The summed E-state index contributed by atoms with van der Waals surface area (Å²) in [5.41, 5.74) is 0. The normalized spacial score (nSPS) is 12.6. The SMILES string of the molecule is CC(Br)CCN(C)c1ncc(Cl)cc1Cl. The lowest BCUT2D eigenvalue weighted by Gasteiger charge is -2.19. The summed E-state index contributed by atoms with van der Waals surface area (Å²) in [6.07, 6.45) is 2.65. The highest BCUT2D eigenvalue weighted by molar-refractivity contribution is 9.09. The fraction of sp³-hybridized carbons (Fsp3) is 0.500. The molecule has 0 saturated carbocycles. The zero-order chi connectivity index (χ0) is 11.4. The van der Waals surface area contributed by atoms with Gasteiger partial charge < -0.3 is 4.90 Å². The minimum atomic E-state index is 0.492. The highest BCUT2D eigenvalue weighted by atomic mass is 79.9. The molecule has 0 spiro atoms. The van der Waals surface area contributed by atoms with Crippen molar-refractivity contribution in [2.24, 2.45) is 0 Å². The van der Waals surface area contributed by atoms with Crippen LogP contribution in [0.5, 0.6) is 0 Å². The number of anilines is 1. The molecule has 0 N–H and O–H groups in total. The molecule has 0 radical (unpaired) electrons. The second kappa shape index (κ2) is 5.92. The number of nitrogens with zero attached hydrogens (tertiary/aromatic N) is 2. The Kier molecular flexibility index (Phi) is 5.16. The first-order valence-corrected chi connectivity index (χ1v) is 6.34. The van der Waals surface area contributed by atoms with Gasteiger partial charge in [-0.3, -0.25) is 0 Å². The van der Waals surface area contributed by atoms with E-state index in [1.54, 1.807) is 12.3 Å². The van der Waals surface area contributed by atoms with Crippen LogP contribution in [0.3, 0.4) is 0 Å². The zero-order valence-electron chi connectivity index (χ0n) is 8.67. The van der Waals surface area contributed by atoms with Crippen LogP contribution in [0.4, 0.5) is 5.82 Å². The molecule has 0 aromatic carbocycles. The Morgan fingerprint density at radius 3 is 2.73 bits per heavy atom. The second-order valence-corrected chi connectivity index (χ2v) is 5.86. The van der Waals surface area contributed by atoms with Gasteiger partial charge in [0.15, 0.2) is 0 Å². The van der Waals surface area contributed by atoms with Gasteiger partial charge in [0, 0.05) is 24.6 Å². The van der Waals surface area contributed by atoms with Crippen LogP contribution in [-0.4, -0.2) is 23.4 Å². The van der Waals surface area contributed by atoms with Crippen molar-refractivity contribution in [2.75, 3.05) is 18.5 Å². The van der Waals surface area contributed by atoms with Gasteiger partial charge in [0.2, 0.25) is 0 Å².